The zero-order valence-electron chi connectivity index (χ0n) is 20.0. The number of ether oxygens (including phenoxy) is 1. The number of thiocarbonyl (C=S) groups is 1. The van der Waals surface area contributed by atoms with Gasteiger partial charge in [0, 0.05) is 29.6 Å². The number of hydrogen-bond donors (Lipinski definition) is 2. The van der Waals surface area contributed by atoms with Crippen molar-refractivity contribution in [3.8, 4) is 17.0 Å². The van der Waals surface area contributed by atoms with E-state index in [0.717, 1.165) is 50.8 Å². The number of aliphatic hydroxyl groups is 1. The lowest BCUT2D eigenvalue weighted by atomic mass is 9.54. The Kier molecular flexibility index (Phi) is 6.27. The number of hydrogen-bond acceptors (Lipinski definition) is 5. The van der Waals surface area contributed by atoms with Crippen molar-refractivity contribution in [3.63, 3.8) is 0 Å². The van der Waals surface area contributed by atoms with Crippen LogP contribution in [0, 0.1) is 23.7 Å². The van der Waals surface area contributed by atoms with Gasteiger partial charge in [-0.1, -0.05) is 36.1 Å². The summed E-state index contributed by atoms with van der Waals surface area (Å²) in [5.41, 5.74) is 4.01. The molecule has 2 N–H and O–H groups in total. The van der Waals surface area contributed by atoms with Gasteiger partial charge in [0.2, 0.25) is 0 Å². The number of amides is 1. The number of carbonyl (C=O) groups is 1. The van der Waals surface area contributed by atoms with Crippen molar-refractivity contribution in [2.24, 2.45) is 23.7 Å². The number of rotatable bonds is 7. The average molecular weight is 509 g/mol. The molecule has 0 radical (unpaired) electrons. The number of nitrogens with zero attached hydrogens (tertiary/aromatic N) is 1. The maximum atomic E-state index is 13.7. The van der Waals surface area contributed by atoms with Crippen LogP contribution < -0.4 is 4.74 Å². The molecule has 4 bridgehead atoms. The number of H-pyrrole nitrogens is 1. The molecule has 1 aromatic carbocycles. The van der Waals surface area contributed by atoms with Crippen LogP contribution in [-0.2, 0) is 11.2 Å². The maximum absolute atomic E-state index is 13.7. The number of aryl methyl sites for hydroxylation is 1. The molecule has 0 unspecified atom stereocenters. The Morgan fingerprint density at radius 2 is 1.91 bits per heavy atom. The molecule has 2 aromatic rings. The number of benzene rings is 1. The summed E-state index contributed by atoms with van der Waals surface area (Å²) in [7, 11) is 1.66. The van der Waals surface area contributed by atoms with E-state index in [9.17, 15) is 9.90 Å². The third kappa shape index (κ3) is 4.25. The van der Waals surface area contributed by atoms with E-state index in [1.807, 2.05) is 35.2 Å². The fourth-order valence-electron chi connectivity index (χ4n) is 7.25. The second kappa shape index (κ2) is 9.41. The average Bonchev–Trinajstić information content (AvgIpc) is 3.38. The molecule has 184 valence electrons. The molecule has 5 fully saturated rings. The fourth-order valence-corrected chi connectivity index (χ4v) is 8.58. The molecule has 1 saturated heterocycles. The summed E-state index contributed by atoms with van der Waals surface area (Å²) in [6, 6.07) is 10.3. The van der Waals surface area contributed by atoms with Gasteiger partial charge >= 0.3 is 0 Å². The molecule has 5 aliphatic rings. The van der Waals surface area contributed by atoms with Gasteiger partial charge in [0.05, 0.1) is 12.0 Å². The predicted molar refractivity (Wildman–Crippen MR) is 144 cm³/mol. The van der Waals surface area contributed by atoms with E-state index in [-0.39, 0.29) is 18.6 Å². The van der Waals surface area contributed by atoms with E-state index in [1.165, 1.54) is 43.9 Å². The Hall–Kier alpha value is -2.09. The lowest BCUT2D eigenvalue weighted by molar-refractivity contribution is -0.130. The van der Waals surface area contributed by atoms with E-state index >= 15 is 0 Å². The molecule has 1 aromatic heterocycles. The highest BCUT2D eigenvalue weighted by Crippen LogP contribution is 2.56. The van der Waals surface area contributed by atoms with E-state index in [1.54, 1.807) is 7.11 Å². The molecule has 2 heterocycles. The summed E-state index contributed by atoms with van der Waals surface area (Å²) >= 11 is 7.24. The van der Waals surface area contributed by atoms with Crippen LogP contribution in [0.5, 0.6) is 5.75 Å². The number of thioether (sulfide) groups is 1. The minimum absolute atomic E-state index is 0.0723. The third-order valence-corrected chi connectivity index (χ3v) is 9.82. The van der Waals surface area contributed by atoms with Crippen molar-refractivity contribution in [3.05, 3.63) is 46.5 Å². The van der Waals surface area contributed by atoms with Gasteiger partial charge in [0.15, 0.2) is 0 Å². The molecule has 4 aliphatic carbocycles. The van der Waals surface area contributed by atoms with Crippen molar-refractivity contribution in [2.45, 2.75) is 51.0 Å². The summed E-state index contributed by atoms with van der Waals surface area (Å²) in [5, 5.41) is 9.43. The van der Waals surface area contributed by atoms with Gasteiger partial charge in [-0.05, 0) is 98.5 Å². The van der Waals surface area contributed by atoms with Crippen molar-refractivity contribution in [1.29, 1.82) is 0 Å². The molecule has 4 saturated carbocycles. The number of methoxy groups -OCH3 is 1. The molecule has 5 nitrogen and oxygen atoms in total. The smallest absolute Gasteiger partial charge is 0.266 e. The van der Waals surface area contributed by atoms with Gasteiger partial charge in [-0.25, -0.2) is 0 Å². The summed E-state index contributed by atoms with van der Waals surface area (Å²) < 4.78 is 6.11. The number of aromatic nitrogens is 1. The minimum Gasteiger partial charge on any atom is -0.497 e. The molecular weight excluding hydrogens is 476 g/mol. The molecule has 0 spiro atoms. The van der Waals surface area contributed by atoms with Gasteiger partial charge in [0.1, 0.15) is 10.1 Å². The second-order valence-electron chi connectivity index (χ2n) is 10.7. The summed E-state index contributed by atoms with van der Waals surface area (Å²) in [6.45, 7) is 0.133. The zero-order chi connectivity index (χ0) is 24.1. The number of carbonyl (C=O) groups excluding carboxylic acids is 1. The van der Waals surface area contributed by atoms with Crippen molar-refractivity contribution >= 4 is 40.3 Å². The van der Waals surface area contributed by atoms with Gasteiger partial charge in [0.25, 0.3) is 5.91 Å². The van der Waals surface area contributed by atoms with E-state index in [4.69, 9.17) is 17.0 Å². The molecular formula is C28H32N2O3S2. The Labute approximate surface area is 216 Å². The Balaban J connectivity index is 1.30. The minimum atomic E-state index is 0.0723. The molecule has 1 amide bonds. The SMILES string of the molecule is COc1cccc(-c2cc(CCCO)c(/C=C3\SC(=S)N(C4C5CC6CC(C5)CC4C6)C3=O)[nH]2)c1. The van der Waals surface area contributed by atoms with Gasteiger partial charge in [-0.3, -0.25) is 9.69 Å². The normalized spacial score (nSPS) is 30.6. The van der Waals surface area contributed by atoms with Crippen LogP contribution in [-0.4, -0.2) is 45.0 Å². The van der Waals surface area contributed by atoms with Crippen LogP contribution in [0.15, 0.2) is 35.2 Å². The Morgan fingerprint density at radius 3 is 2.60 bits per heavy atom. The van der Waals surface area contributed by atoms with Crippen LogP contribution >= 0.6 is 24.0 Å². The van der Waals surface area contributed by atoms with Crippen molar-refractivity contribution < 1.29 is 14.6 Å². The number of aromatic amines is 1. The zero-order valence-corrected chi connectivity index (χ0v) is 21.7. The van der Waals surface area contributed by atoms with Crippen LogP contribution in [0.2, 0.25) is 0 Å². The first-order chi connectivity index (χ1) is 17.0. The van der Waals surface area contributed by atoms with Crippen molar-refractivity contribution in [2.75, 3.05) is 13.7 Å². The molecule has 7 rings (SSSR count). The van der Waals surface area contributed by atoms with Crippen LogP contribution in [0.3, 0.4) is 0 Å². The third-order valence-electron chi connectivity index (χ3n) is 8.49. The largest absolute Gasteiger partial charge is 0.497 e. The van der Waals surface area contributed by atoms with Crippen LogP contribution in [0.4, 0.5) is 0 Å². The lowest BCUT2D eigenvalue weighted by Gasteiger charge is -2.56. The summed E-state index contributed by atoms with van der Waals surface area (Å²) in [6.07, 6.45) is 9.84. The van der Waals surface area contributed by atoms with E-state index in [0.29, 0.717) is 23.2 Å². The Morgan fingerprint density at radius 1 is 1.17 bits per heavy atom. The lowest BCUT2D eigenvalue weighted by Crippen LogP contribution is -2.57. The van der Waals surface area contributed by atoms with Gasteiger partial charge in [-0.2, -0.15) is 0 Å². The van der Waals surface area contributed by atoms with E-state index < -0.39 is 0 Å². The standard InChI is InChI=1S/C28H32N2O3S2/c1-33-22-6-2-4-18(13-22)23-14-19(5-3-7-31)24(29-23)15-25-27(32)30(28(34)35-25)26-20-9-16-8-17(11-20)12-21(26)10-16/h2,4,6,13-17,20-21,26,29,31H,3,5,7-12H2,1H3/b25-15-. The van der Waals surface area contributed by atoms with E-state index in [2.05, 4.69) is 11.1 Å². The highest BCUT2D eigenvalue weighted by atomic mass is 32.2. The highest BCUT2D eigenvalue weighted by molar-refractivity contribution is 8.26. The maximum Gasteiger partial charge on any atom is 0.266 e. The number of nitrogens with one attached hydrogen (secondary N) is 1. The van der Waals surface area contributed by atoms with Crippen LogP contribution in [0.25, 0.3) is 17.3 Å². The second-order valence-corrected chi connectivity index (χ2v) is 12.3. The number of aliphatic hydroxyl groups excluding tert-OH is 1. The topological polar surface area (TPSA) is 65.6 Å². The fraction of sp³-hybridized carbons (Fsp3) is 0.500. The van der Waals surface area contributed by atoms with Gasteiger partial charge < -0.3 is 14.8 Å². The predicted octanol–water partition coefficient (Wildman–Crippen LogP) is 5.64. The molecule has 1 aliphatic heterocycles. The highest BCUT2D eigenvalue weighted by Gasteiger charge is 2.53. The molecule has 0 atom stereocenters. The Bertz CT molecular complexity index is 1160. The van der Waals surface area contributed by atoms with Gasteiger partial charge in [-0.15, -0.1) is 0 Å². The molecule has 7 heteroatoms. The van der Waals surface area contributed by atoms with Crippen LogP contribution in [0.1, 0.15) is 49.8 Å². The first-order valence-electron chi connectivity index (χ1n) is 12.8. The monoisotopic (exact) mass is 508 g/mol. The quantitative estimate of drug-likeness (QED) is 0.374. The first-order valence-corrected chi connectivity index (χ1v) is 14.0. The van der Waals surface area contributed by atoms with Crippen molar-refractivity contribution in [1.82, 2.24) is 9.88 Å². The summed E-state index contributed by atoms with van der Waals surface area (Å²) in [4.78, 5) is 19.9. The molecule has 35 heavy (non-hydrogen) atoms. The summed E-state index contributed by atoms with van der Waals surface area (Å²) in [5.74, 6) is 3.82. The first kappa shape index (κ1) is 23.3.